The summed E-state index contributed by atoms with van der Waals surface area (Å²) in [5.74, 6) is 0.595. The van der Waals surface area contributed by atoms with Crippen LogP contribution in [0.1, 0.15) is 85.8 Å². The van der Waals surface area contributed by atoms with Gasteiger partial charge in [0.25, 0.3) is 0 Å². The van der Waals surface area contributed by atoms with Gasteiger partial charge in [0.1, 0.15) is 0 Å². The Hall–Kier alpha value is -0.820. The zero-order valence-electron chi connectivity index (χ0n) is 16.3. The Balaban J connectivity index is 2.89. The molecule has 0 fully saturated rings. The largest absolute Gasteiger partial charge is 0.308 e. The molecule has 0 bridgehead atoms. The summed E-state index contributed by atoms with van der Waals surface area (Å²) in [6.07, 6.45) is 1.22. The van der Waals surface area contributed by atoms with Crippen molar-refractivity contribution >= 4 is 0 Å². The van der Waals surface area contributed by atoms with Crippen LogP contribution in [0.3, 0.4) is 0 Å². The summed E-state index contributed by atoms with van der Waals surface area (Å²) in [4.78, 5) is 0. The van der Waals surface area contributed by atoms with Gasteiger partial charge in [-0.2, -0.15) is 0 Å². The van der Waals surface area contributed by atoms with Crippen molar-refractivity contribution in [2.24, 2.45) is 10.8 Å². The first-order chi connectivity index (χ1) is 9.78. The smallest absolute Gasteiger partial charge is 0.0210 e. The lowest BCUT2D eigenvalue weighted by Crippen LogP contribution is -2.35. The molecule has 0 aliphatic rings. The number of hydrogen-bond acceptors (Lipinski definition) is 1. The van der Waals surface area contributed by atoms with E-state index in [1.54, 1.807) is 0 Å². The Morgan fingerprint density at radius 3 is 1.68 bits per heavy atom. The molecular formula is C21H37N. The third kappa shape index (κ3) is 6.96. The molecule has 0 aromatic heterocycles. The monoisotopic (exact) mass is 303 g/mol. The van der Waals surface area contributed by atoms with Gasteiger partial charge >= 0.3 is 0 Å². The van der Waals surface area contributed by atoms with E-state index in [-0.39, 0.29) is 5.54 Å². The van der Waals surface area contributed by atoms with E-state index >= 15 is 0 Å². The minimum Gasteiger partial charge on any atom is -0.308 e. The molecule has 0 aliphatic heterocycles. The molecule has 22 heavy (non-hydrogen) atoms. The Bertz CT molecular complexity index is 449. The quantitative estimate of drug-likeness (QED) is 0.704. The Morgan fingerprint density at radius 1 is 0.818 bits per heavy atom. The van der Waals surface area contributed by atoms with Gasteiger partial charge in [-0.15, -0.1) is 0 Å². The molecule has 0 aliphatic carbocycles. The topological polar surface area (TPSA) is 12.0 Å². The fourth-order valence-electron chi connectivity index (χ4n) is 2.77. The highest BCUT2D eigenvalue weighted by Gasteiger charge is 2.30. The minimum absolute atomic E-state index is 0.166. The first-order valence-electron chi connectivity index (χ1n) is 8.62. The maximum Gasteiger partial charge on any atom is 0.0210 e. The van der Waals surface area contributed by atoms with Crippen LogP contribution >= 0.6 is 0 Å². The van der Waals surface area contributed by atoms with E-state index in [9.17, 15) is 0 Å². The summed E-state index contributed by atoms with van der Waals surface area (Å²) >= 11 is 0. The predicted molar refractivity (Wildman–Crippen MR) is 99.3 cm³/mol. The van der Waals surface area contributed by atoms with Crippen molar-refractivity contribution < 1.29 is 0 Å². The van der Waals surface area contributed by atoms with Gasteiger partial charge in [-0.25, -0.2) is 0 Å². The van der Waals surface area contributed by atoms with Gasteiger partial charge in [0.2, 0.25) is 0 Å². The number of hydrogen-bond donors (Lipinski definition) is 1. The van der Waals surface area contributed by atoms with E-state index in [1.165, 1.54) is 17.5 Å². The van der Waals surface area contributed by atoms with Crippen molar-refractivity contribution in [1.82, 2.24) is 5.32 Å². The summed E-state index contributed by atoms with van der Waals surface area (Å²) in [6, 6.07) is 9.24. The highest BCUT2D eigenvalue weighted by atomic mass is 14.9. The van der Waals surface area contributed by atoms with Gasteiger partial charge in [-0.1, -0.05) is 65.8 Å². The third-order valence-corrected chi connectivity index (χ3v) is 4.07. The van der Waals surface area contributed by atoms with Gasteiger partial charge < -0.3 is 5.32 Å². The van der Waals surface area contributed by atoms with Gasteiger partial charge in [-0.3, -0.25) is 0 Å². The molecule has 1 N–H and O–H groups in total. The van der Waals surface area contributed by atoms with Crippen LogP contribution in [0, 0.1) is 10.8 Å². The Labute approximate surface area is 138 Å². The van der Waals surface area contributed by atoms with Crippen LogP contribution in [-0.4, -0.2) is 5.54 Å². The Morgan fingerprint density at radius 2 is 1.32 bits per heavy atom. The van der Waals surface area contributed by atoms with Crippen LogP contribution in [-0.2, 0) is 6.54 Å². The van der Waals surface area contributed by atoms with E-state index in [0.717, 1.165) is 6.54 Å². The summed E-state index contributed by atoms with van der Waals surface area (Å²) < 4.78 is 0. The van der Waals surface area contributed by atoms with Crippen molar-refractivity contribution in [3.63, 3.8) is 0 Å². The molecule has 1 atom stereocenters. The average molecular weight is 304 g/mol. The zero-order valence-corrected chi connectivity index (χ0v) is 16.3. The maximum absolute atomic E-state index is 3.56. The van der Waals surface area contributed by atoms with Gasteiger partial charge in [0.05, 0.1) is 0 Å². The fraction of sp³-hybridized carbons (Fsp3) is 0.714. The van der Waals surface area contributed by atoms with Crippen LogP contribution in [0.15, 0.2) is 24.3 Å². The minimum atomic E-state index is 0.166. The molecule has 0 heterocycles. The van der Waals surface area contributed by atoms with Crippen LogP contribution in [0.2, 0.25) is 0 Å². The lowest BCUT2D eigenvalue weighted by atomic mass is 9.69. The van der Waals surface area contributed by atoms with E-state index in [0.29, 0.717) is 16.7 Å². The second-order valence-electron chi connectivity index (χ2n) is 10.0. The second-order valence-corrected chi connectivity index (χ2v) is 10.0. The van der Waals surface area contributed by atoms with Crippen molar-refractivity contribution in [1.29, 1.82) is 0 Å². The number of benzene rings is 1. The molecule has 1 heteroatoms. The van der Waals surface area contributed by atoms with E-state index in [1.807, 2.05) is 0 Å². The normalized spacial score (nSPS) is 15.0. The average Bonchev–Trinajstić information content (AvgIpc) is 2.31. The summed E-state index contributed by atoms with van der Waals surface area (Å²) in [5.41, 5.74) is 3.64. The maximum atomic E-state index is 3.56. The molecule has 126 valence electrons. The lowest BCUT2D eigenvalue weighted by Gasteiger charge is -2.36. The summed E-state index contributed by atoms with van der Waals surface area (Å²) in [7, 11) is 0. The molecule has 1 aromatic rings. The fourth-order valence-corrected chi connectivity index (χ4v) is 2.77. The van der Waals surface area contributed by atoms with Crippen molar-refractivity contribution in [2.45, 2.75) is 86.7 Å². The van der Waals surface area contributed by atoms with Crippen LogP contribution < -0.4 is 5.32 Å². The number of nitrogens with one attached hydrogen (secondary N) is 1. The summed E-state index contributed by atoms with van der Waals surface area (Å²) in [5, 5.41) is 3.56. The molecular weight excluding hydrogens is 266 g/mol. The molecule has 1 nitrogen and oxygen atoms in total. The van der Waals surface area contributed by atoms with Crippen LogP contribution in [0.5, 0.6) is 0 Å². The molecule has 1 unspecified atom stereocenters. The molecule has 1 rings (SSSR count). The van der Waals surface area contributed by atoms with Crippen molar-refractivity contribution in [3.05, 3.63) is 35.4 Å². The molecule has 1 aromatic carbocycles. The first-order valence-corrected chi connectivity index (χ1v) is 8.62. The lowest BCUT2D eigenvalue weighted by molar-refractivity contribution is 0.229. The van der Waals surface area contributed by atoms with Gasteiger partial charge in [0.15, 0.2) is 0 Å². The van der Waals surface area contributed by atoms with Crippen molar-refractivity contribution in [3.8, 4) is 0 Å². The highest BCUT2D eigenvalue weighted by molar-refractivity contribution is 5.27. The Kier molecular flexibility index (Phi) is 5.89. The molecule has 0 saturated heterocycles. The summed E-state index contributed by atoms with van der Waals surface area (Å²) in [6.45, 7) is 21.7. The highest BCUT2D eigenvalue weighted by Crippen LogP contribution is 2.42. The number of rotatable bonds is 4. The van der Waals surface area contributed by atoms with Crippen LogP contribution in [0.25, 0.3) is 0 Å². The molecule has 0 spiro atoms. The molecule has 0 amide bonds. The van der Waals surface area contributed by atoms with E-state index < -0.39 is 0 Å². The zero-order chi connectivity index (χ0) is 17.2. The standard InChI is InChI=1S/C21H37N/c1-19(2,3)14-18(20(4,5)6)17-12-10-16(11-13-17)15-22-21(7,8)9/h10-13,18,22H,14-15H2,1-9H3. The SMILES string of the molecule is CC(C)(C)CC(c1ccc(CNC(C)(C)C)cc1)C(C)(C)C. The third-order valence-electron chi connectivity index (χ3n) is 4.07. The first kappa shape index (κ1) is 19.2. The molecule has 0 saturated carbocycles. The predicted octanol–water partition coefficient (Wildman–Crippen LogP) is 6.14. The second kappa shape index (κ2) is 6.74. The van der Waals surface area contributed by atoms with E-state index in [2.05, 4.69) is 91.9 Å². The van der Waals surface area contributed by atoms with Gasteiger partial charge in [-0.05, 0) is 55.1 Å². The van der Waals surface area contributed by atoms with Gasteiger partial charge in [0, 0.05) is 12.1 Å². The van der Waals surface area contributed by atoms with Crippen molar-refractivity contribution in [2.75, 3.05) is 0 Å². The van der Waals surface area contributed by atoms with E-state index in [4.69, 9.17) is 0 Å². The van der Waals surface area contributed by atoms with Crippen LogP contribution in [0.4, 0.5) is 0 Å². The molecule has 0 radical (unpaired) electrons.